The first-order valence-corrected chi connectivity index (χ1v) is 6.77. The third-order valence-corrected chi connectivity index (χ3v) is 3.45. The second-order valence-electron chi connectivity index (χ2n) is 4.40. The Kier molecular flexibility index (Phi) is 3.63. The van der Waals surface area contributed by atoms with Gasteiger partial charge in [-0.3, -0.25) is 4.57 Å². The molecule has 1 saturated heterocycles. The average molecular weight is 283 g/mol. The molecule has 19 heavy (non-hydrogen) atoms. The lowest BCUT2D eigenvalue weighted by atomic mass is 10.1. The third-order valence-electron chi connectivity index (χ3n) is 3.18. The van der Waals surface area contributed by atoms with E-state index in [1.54, 1.807) is 6.33 Å². The van der Waals surface area contributed by atoms with E-state index in [9.17, 15) is 0 Å². The van der Waals surface area contributed by atoms with Gasteiger partial charge in [-0.2, -0.15) is 0 Å². The van der Waals surface area contributed by atoms with Gasteiger partial charge in [0.15, 0.2) is 17.1 Å². The Morgan fingerprint density at radius 2 is 2.32 bits per heavy atom. The fraction of sp³-hybridized carbons (Fsp3) is 0.583. The van der Waals surface area contributed by atoms with E-state index >= 15 is 0 Å². The van der Waals surface area contributed by atoms with Crippen molar-refractivity contribution in [2.24, 2.45) is 0 Å². The van der Waals surface area contributed by atoms with Crippen LogP contribution in [0.15, 0.2) is 12.7 Å². The molecule has 0 aromatic carbocycles. The van der Waals surface area contributed by atoms with Crippen LogP contribution in [0.4, 0.5) is 0 Å². The first-order chi connectivity index (χ1) is 9.29. The predicted octanol–water partition coefficient (Wildman–Crippen LogP) is 2.54. The molecule has 0 radical (unpaired) electrons. The van der Waals surface area contributed by atoms with Crippen molar-refractivity contribution in [3.8, 4) is 0 Å². The van der Waals surface area contributed by atoms with Crippen LogP contribution in [0.2, 0.25) is 5.15 Å². The molecule has 102 valence electrons. The highest BCUT2D eigenvalue weighted by molar-refractivity contribution is 6.33. The van der Waals surface area contributed by atoms with Crippen LogP contribution in [-0.4, -0.2) is 32.4 Å². The molecule has 0 amide bonds. The number of nitrogens with zero attached hydrogens (tertiary/aromatic N) is 4. The van der Waals surface area contributed by atoms with Crippen molar-refractivity contribution in [3.05, 3.63) is 17.8 Å². The van der Waals surface area contributed by atoms with Gasteiger partial charge in [0.1, 0.15) is 18.1 Å². The zero-order chi connectivity index (χ0) is 13.2. The smallest absolute Gasteiger partial charge is 0.166 e. The van der Waals surface area contributed by atoms with Gasteiger partial charge in [0.2, 0.25) is 0 Å². The number of halogens is 1. The molecule has 1 fully saturated rings. The molecule has 6 nitrogen and oxygen atoms in total. The summed E-state index contributed by atoms with van der Waals surface area (Å²) in [5, 5.41) is 0.362. The highest BCUT2D eigenvalue weighted by Crippen LogP contribution is 2.30. The molecule has 2 atom stereocenters. The molecule has 0 unspecified atom stereocenters. The lowest BCUT2D eigenvalue weighted by Gasteiger charge is -2.30. The minimum atomic E-state index is -0.154. The summed E-state index contributed by atoms with van der Waals surface area (Å²) in [6, 6.07) is 0. The van der Waals surface area contributed by atoms with Gasteiger partial charge >= 0.3 is 0 Å². The number of fused-ring (bicyclic) bond motifs is 1. The third kappa shape index (κ3) is 2.43. The SMILES string of the molecule is CCO[C@@H]1CCC[C@H](n2cnc3c(Cl)ncnc32)O1. The molecule has 0 aliphatic carbocycles. The Balaban J connectivity index is 1.89. The Bertz CT molecular complexity index is 572. The first kappa shape index (κ1) is 12.8. The number of rotatable bonds is 3. The summed E-state index contributed by atoms with van der Waals surface area (Å²) in [4.78, 5) is 12.4. The van der Waals surface area contributed by atoms with Crippen molar-refractivity contribution in [1.82, 2.24) is 19.5 Å². The number of aromatic nitrogens is 4. The predicted molar refractivity (Wildman–Crippen MR) is 69.7 cm³/mol. The van der Waals surface area contributed by atoms with Gasteiger partial charge in [-0.25, -0.2) is 15.0 Å². The summed E-state index contributed by atoms with van der Waals surface area (Å²) in [7, 11) is 0. The van der Waals surface area contributed by atoms with Gasteiger partial charge < -0.3 is 9.47 Å². The molecular formula is C12H15ClN4O2. The number of ether oxygens (including phenoxy) is 2. The Hall–Kier alpha value is -1.24. The van der Waals surface area contributed by atoms with Gasteiger partial charge in [-0.1, -0.05) is 11.6 Å². The summed E-state index contributed by atoms with van der Waals surface area (Å²) in [6.45, 7) is 2.61. The largest absolute Gasteiger partial charge is 0.353 e. The lowest BCUT2D eigenvalue weighted by Crippen LogP contribution is -2.28. The fourth-order valence-electron chi connectivity index (χ4n) is 2.32. The molecule has 1 aliphatic rings. The Morgan fingerprint density at radius 1 is 1.42 bits per heavy atom. The lowest BCUT2D eigenvalue weighted by molar-refractivity contribution is -0.211. The summed E-state index contributed by atoms with van der Waals surface area (Å²) in [5.74, 6) is 0. The van der Waals surface area contributed by atoms with Crippen molar-refractivity contribution in [2.75, 3.05) is 6.61 Å². The maximum absolute atomic E-state index is 6.00. The molecule has 0 N–H and O–H groups in total. The molecule has 0 spiro atoms. The topological polar surface area (TPSA) is 62.1 Å². The Morgan fingerprint density at radius 3 is 3.16 bits per heavy atom. The van der Waals surface area contributed by atoms with E-state index in [4.69, 9.17) is 21.1 Å². The van der Waals surface area contributed by atoms with Crippen LogP contribution in [0.5, 0.6) is 0 Å². The van der Waals surface area contributed by atoms with Gasteiger partial charge in [0, 0.05) is 6.61 Å². The molecule has 0 bridgehead atoms. The van der Waals surface area contributed by atoms with Crippen molar-refractivity contribution < 1.29 is 9.47 Å². The molecule has 2 aromatic rings. The maximum Gasteiger partial charge on any atom is 0.166 e. The van der Waals surface area contributed by atoms with Crippen LogP contribution in [0, 0.1) is 0 Å². The van der Waals surface area contributed by atoms with Gasteiger partial charge in [0.25, 0.3) is 0 Å². The maximum atomic E-state index is 6.00. The van der Waals surface area contributed by atoms with E-state index < -0.39 is 0 Å². The van der Waals surface area contributed by atoms with Crippen LogP contribution in [0.1, 0.15) is 32.4 Å². The number of imidazole rings is 1. The molecule has 3 heterocycles. The number of hydrogen-bond acceptors (Lipinski definition) is 5. The minimum absolute atomic E-state index is 0.110. The van der Waals surface area contributed by atoms with Crippen LogP contribution in [0.3, 0.4) is 0 Å². The normalized spacial score (nSPS) is 23.9. The van der Waals surface area contributed by atoms with E-state index in [1.165, 1.54) is 6.33 Å². The Labute approximate surface area is 115 Å². The quantitative estimate of drug-likeness (QED) is 0.810. The summed E-state index contributed by atoms with van der Waals surface area (Å²) in [5.41, 5.74) is 1.30. The highest BCUT2D eigenvalue weighted by atomic mass is 35.5. The first-order valence-electron chi connectivity index (χ1n) is 6.39. The van der Waals surface area contributed by atoms with Gasteiger partial charge in [0.05, 0.1) is 6.33 Å². The van der Waals surface area contributed by atoms with E-state index in [1.807, 2.05) is 11.5 Å². The van der Waals surface area contributed by atoms with Gasteiger partial charge in [-0.05, 0) is 26.2 Å². The minimum Gasteiger partial charge on any atom is -0.353 e. The molecule has 3 rings (SSSR count). The van der Waals surface area contributed by atoms with Crippen LogP contribution < -0.4 is 0 Å². The molecule has 7 heteroatoms. The van der Waals surface area contributed by atoms with Crippen molar-refractivity contribution in [3.63, 3.8) is 0 Å². The summed E-state index contributed by atoms with van der Waals surface area (Å²) < 4.78 is 13.3. The highest BCUT2D eigenvalue weighted by Gasteiger charge is 2.25. The molecular weight excluding hydrogens is 268 g/mol. The second kappa shape index (κ2) is 5.40. The van der Waals surface area contributed by atoms with Crippen molar-refractivity contribution in [2.45, 2.75) is 38.7 Å². The van der Waals surface area contributed by atoms with E-state index in [0.717, 1.165) is 19.3 Å². The van der Waals surface area contributed by atoms with E-state index in [-0.39, 0.29) is 12.5 Å². The van der Waals surface area contributed by atoms with Gasteiger partial charge in [-0.15, -0.1) is 0 Å². The molecule has 1 aliphatic heterocycles. The van der Waals surface area contributed by atoms with Crippen molar-refractivity contribution in [1.29, 1.82) is 0 Å². The monoisotopic (exact) mass is 282 g/mol. The summed E-state index contributed by atoms with van der Waals surface area (Å²) in [6.07, 6.45) is 5.76. The van der Waals surface area contributed by atoms with Crippen LogP contribution >= 0.6 is 11.6 Å². The van der Waals surface area contributed by atoms with Crippen molar-refractivity contribution >= 4 is 22.8 Å². The standard InChI is InChI=1S/C12H15ClN4O2/c1-2-18-9-5-3-4-8(19-9)17-7-16-10-11(13)14-6-15-12(10)17/h6-9H,2-5H2,1H3/t8-,9+/m1/s1. The van der Waals surface area contributed by atoms with E-state index in [2.05, 4.69) is 15.0 Å². The second-order valence-corrected chi connectivity index (χ2v) is 4.75. The molecule has 0 saturated carbocycles. The zero-order valence-electron chi connectivity index (χ0n) is 10.6. The zero-order valence-corrected chi connectivity index (χ0v) is 11.4. The fourth-order valence-corrected chi connectivity index (χ4v) is 2.49. The summed E-state index contributed by atoms with van der Waals surface area (Å²) >= 11 is 6.00. The molecule has 2 aromatic heterocycles. The van der Waals surface area contributed by atoms with Crippen LogP contribution in [0.25, 0.3) is 11.2 Å². The number of hydrogen-bond donors (Lipinski definition) is 0. The average Bonchev–Trinajstić information content (AvgIpc) is 2.85. The van der Waals surface area contributed by atoms with Crippen LogP contribution in [-0.2, 0) is 9.47 Å². The van der Waals surface area contributed by atoms with E-state index in [0.29, 0.717) is 22.9 Å².